The van der Waals surface area contributed by atoms with E-state index >= 15 is 0 Å². The van der Waals surface area contributed by atoms with Gasteiger partial charge < -0.3 is 33.8 Å². The molecule has 0 aromatic heterocycles. The van der Waals surface area contributed by atoms with Gasteiger partial charge in [0.25, 0.3) is 0 Å². The normalized spacial score (nSPS) is 14.0. The summed E-state index contributed by atoms with van der Waals surface area (Å²) in [5.74, 6) is -2.15. The van der Waals surface area contributed by atoms with Gasteiger partial charge >= 0.3 is 39.5 Å². The number of allylic oxidation sites excluding steroid dienone is 6. The monoisotopic (exact) mass is 1460 g/mol. The van der Waals surface area contributed by atoms with Gasteiger partial charge in [0.15, 0.2) is 12.2 Å². The van der Waals surface area contributed by atoms with Crippen LogP contribution in [0.15, 0.2) is 36.5 Å². The van der Waals surface area contributed by atoms with Gasteiger partial charge in [-0.1, -0.05) is 308 Å². The van der Waals surface area contributed by atoms with Crippen molar-refractivity contribution in [3.8, 4) is 0 Å². The summed E-state index contributed by atoms with van der Waals surface area (Å²) in [5, 5.41) is 10.6. The highest BCUT2D eigenvalue weighted by Crippen LogP contribution is 2.45. The Labute approximate surface area is 611 Å². The van der Waals surface area contributed by atoms with Crippen LogP contribution >= 0.6 is 15.6 Å². The van der Waals surface area contributed by atoms with E-state index in [0.717, 1.165) is 154 Å². The molecular weight excluding hydrogens is 1310 g/mol. The summed E-state index contributed by atoms with van der Waals surface area (Å²) in [4.78, 5) is 73.0. The van der Waals surface area contributed by atoms with Crippen LogP contribution < -0.4 is 0 Å². The summed E-state index contributed by atoms with van der Waals surface area (Å²) in [6, 6.07) is 0. The van der Waals surface area contributed by atoms with Crippen molar-refractivity contribution < 1.29 is 80.2 Å². The molecule has 0 aromatic rings. The van der Waals surface area contributed by atoms with Crippen LogP contribution in [0.2, 0.25) is 0 Å². The van der Waals surface area contributed by atoms with Crippen molar-refractivity contribution in [3.63, 3.8) is 0 Å². The number of esters is 4. The highest BCUT2D eigenvalue weighted by atomic mass is 31.2. The van der Waals surface area contributed by atoms with Crippen LogP contribution in [0.3, 0.4) is 0 Å². The molecular formula is C81H152O17P2. The Hall–Kier alpha value is -2.72. The van der Waals surface area contributed by atoms with Gasteiger partial charge in [0.1, 0.15) is 19.3 Å². The second kappa shape index (κ2) is 74.5. The topological polar surface area (TPSA) is 237 Å². The van der Waals surface area contributed by atoms with Gasteiger partial charge in [-0.05, 0) is 103 Å². The maximum atomic E-state index is 13.1. The summed E-state index contributed by atoms with van der Waals surface area (Å²) >= 11 is 0. The third kappa shape index (κ3) is 73.6. The van der Waals surface area contributed by atoms with Gasteiger partial charge in [-0.2, -0.15) is 0 Å². The van der Waals surface area contributed by atoms with Gasteiger partial charge in [-0.3, -0.25) is 37.3 Å². The zero-order valence-corrected chi connectivity index (χ0v) is 66.2. The highest BCUT2D eigenvalue weighted by molar-refractivity contribution is 7.47. The van der Waals surface area contributed by atoms with Crippen LogP contribution in [-0.2, 0) is 65.4 Å². The molecule has 19 heteroatoms. The second-order valence-corrected chi connectivity index (χ2v) is 31.0. The molecule has 0 aliphatic rings. The van der Waals surface area contributed by atoms with Crippen LogP contribution in [0, 0.1) is 0 Å². The smallest absolute Gasteiger partial charge is 0.462 e. The predicted molar refractivity (Wildman–Crippen MR) is 409 cm³/mol. The number of carbonyl (C=O) groups is 4. The Kier molecular flexibility index (Phi) is 72.5. The summed E-state index contributed by atoms with van der Waals surface area (Å²) in [7, 11) is -9.94. The lowest BCUT2D eigenvalue weighted by Crippen LogP contribution is -2.30. The molecule has 5 atom stereocenters. The third-order valence-electron chi connectivity index (χ3n) is 18.1. The number of rotatable bonds is 79. The molecule has 3 N–H and O–H groups in total. The van der Waals surface area contributed by atoms with Gasteiger partial charge in [-0.15, -0.1) is 0 Å². The van der Waals surface area contributed by atoms with Crippen molar-refractivity contribution in [2.24, 2.45) is 0 Å². The van der Waals surface area contributed by atoms with Crippen LogP contribution in [0.1, 0.15) is 400 Å². The van der Waals surface area contributed by atoms with E-state index < -0.39 is 97.5 Å². The van der Waals surface area contributed by atoms with Crippen LogP contribution in [0.25, 0.3) is 0 Å². The predicted octanol–water partition coefficient (Wildman–Crippen LogP) is 23.9. The van der Waals surface area contributed by atoms with Crippen LogP contribution in [0.4, 0.5) is 0 Å². The SMILES string of the molecule is CCCCCC/C=C\CCCCCCCCCC(=O)OC[C@H](COP(=O)(O)OC[C@H](O)COP(=O)(O)OC[C@@H](COC(=O)CCCCCCC/C=C\CCCCCCCC)OC(=O)CCCCCCCCCCCCCCCCC)OC(=O)CCCCCCCCC/C=C\CCCCCC. The Morgan fingerprint density at radius 1 is 0.270 bits per heavy atom. The molecule has 0 aliphatic heterocycles. The number of ether oxygens (including phenoxy) is 4. The summed E-state index contributed by atoms with van der Waals surface area (Å²) in [6.45, 7) is 4.94. The lowest BCUT2D eigenvalue weighted by atomic mass is 10.0. The zero-order valence-electron chi connectivity index (χ0n) is 64.4. The van der Waals surface area contributed by atoms with E-state index in [0.29, 0.717) is 25.7 Å². The maximum absolute atomic E-state index is 13.1. The molecule has 588 valence electrons. The van der Waals surface area contributed by atoms with Crippen molar-refractivity contribution in [1.29, 1.82) is 0 Å². The fraction of sp³-hybridized carbons (Fsp3) is 0.877. The van der Waals surface area contributed by atoms with E-state index in [2.05, 4.69) is 64.2 Å². The molecule has 2 unspecified atom stereocenters. The molecule has 0 aromatic carbocycles. The number of carbonyl (C=O) groups excluding carboxylic acids is 4. The number of unbranched alkanes of at least 4 members (excludes halogenated alkanes) is 47. The third-order valence-corrected chi connectivity index (χ3v) is 20.0. The van der Waals surface area contributed by atoms with E-state index in [4.69, 9.17) is 37.0 Å². The lowest BCUT2D eigenvalue weighted by Gasteiger charge is -2.21. The molecule has 0 amide bonds. The number of aliphatic hydroxyl groups is 1. The first-order valence-corrected chi connectivity index (χ1v) is 44.2. The number of hydrogen-bond donors (Lipinski definition) is 3. The molecule has 0 aliphatic carbocycles. The number of aliphatic hydroxyl groups excluding tert-OH is 1. The Morgan fingerprint density at radius 3 is 0.700 bits per heavy atom. The van der Waals surface area contributed by atoms with Crippen molar-refractivity contribution in [2.45, 2.75) is 418 Å². The van der Waals surface area contributed by atoms with Gasteiger partial charge in [0.2, 0.25) is 0 Å². The van der Waals surface area contributed by atoms with Crippen molar-refractivity contribution >= 4 is 39.5 Å². The Morgan fingerprint density at radius 2 is 0.460 bits per heavy atom. The minimum absolute atomic E-state index is 0.0956. The maximum Gasteiger partial charge on any atom is 0.472 e. The van der Waals surface area contributed by atoms with Gasteiger partial charge in [0, 0.05) is 25.7 Å². The fourth-order valence-corrected chi connectivity index (χ4v) is 13.3. The average molecular weight is 1460 g/mol. The van der Waals surface area contributed by atoms with E-state index in [1.165, 1.54) is 167 Å². The molecule has 0 bridgehead atoms. The van der Waals surface area contributed by atoms with E-state index in [9.17, 15) is 43.2 Å². The Balaban J connectivity index is 5.32. The first-order valence-electron chi connectivity index (χ1n) is 41.2. The van der Waals surface area contributed by atoms with E-state index in [-0.39, 0.29) is 25.7 Å². The highest BCUT2D eigenvalue weighted by Gasteiger charge is 2.30. The standard InChI is InChI=1S/C81H152O17P2/c1-5-9-13-17-21-25-29-33-37-41-45-49-53-57-61-65-78(83)91-71-76(97-80(85)67-63-59-55-51-47-43-39-35-31-27-23-19-15-11-7-3)73-95-99(87,88)93-69-75(82)70-94-100(89,90)96-74-77(98-81(86)68-64-60-56-52-48-44-40-36-32-28-24-20-16-12-8-4)72-92-79(84)66-62-58-54-50-46-42-38-34-30-26-22-18-14-10-6-2/h25,27,29,31,34,38,75-77,82H,5-24,26,28,30,32-33,35-37,39-74H2,1-4H3,(H,87,88)(H,89,90)/b29-25-,31-27-,38-34-/t75-,76+,77+/m0/s1. The number of phosphoric ester groups is 2. The fourth-order valence-electron chi connectivity index (χ4n) is 11.7. The van der Waals surface area contributed by atoms with Crippen molar-refractivity contribution in [1.82, 2.24) is 0 Å². The molecule has 0 saturated carbocycles. The summed E-state index contributed by atoms with van der Waals surface area (Å²) in [6.07, 6.45) is 71.0. The lowest BCUT2D eigenvalue weighted by molar-refractivity contribution is -0.161. The molecule has 0 heterocycles. The zero-order chi connectivity index (χ0) is 73.2. The van der Waals surface area contributed by atoms with E-state index in [1.54, 1.807) is 0 Å². The minimum Gasteiger partial charge on any atom is -0.462 e. The first-order chi connectivity index (χ1) is 48.7. The quantitative estimate of drug-likeness (QED) is 0.0169. The molecule has 100 heavy (non-hydrogen) atoms. The molecule has 0 fully saturated rings. The summed E-state index contributed by atoms with van der Waals surface area (Å²) < 4.78 is 68.7. The van der Waals surface area contributed by atoms with Crippen LogP contribution in [-0.4, -0.2) is 96.7 Å². The molecule has 0 saturated heterocycles. The summed E-state index contributed by atoms with van der Waals surface area (Å²) in [5.41, 5.74) is 0. The van der Waals surface area contributed by atoms with Crippen LogP contribution in [0.5, 0.6) is 0 Å². The molecule has 0 spiro atoms. The minimum atomic E-state index is -4.97. The largest absolute Gasteiger partial charge is 0.472 e. The molecule has 17 nitrogen and oxygen atoms in total. The number of phosphoric acid groups is 2. The van der Waals surface area contributed by atoms with E-state index in [1.807, 2.05) is 0 Å². The number of hydrogen-bond acceptors (Lipinski definition) is 15. The van der Waals surface area contributed by atoms with Gasteiger partial charge in [-0.25, -0.2) is 9.13 Å². The van der Waals surface area contributed by atoms with Crippen molar-refractivity contribution in [3.05, 3.63) is 36.5 Å². The first kappa shape index (κ1) is 97.3. The van der Waals surface area contributed by atoms with Crippen molar-refractivity contribution in [2.75, 3.05) is 39.6 Å². The Bertz CT molecular complexity index is 2040. The van der Waals surface area contributed by atoms with Gasteiger partial charge in [0.05, 0.1) is 26.4 Å². The second-order valence-electron chi connectivity index (χ2n) is 28.1. The molecule has 0 radical (unpaired) electrons. The average Bonchev–Trinajstić information content (AvgIpc) is 1.01. The molecule has 0 rings (SSSR count).